The summed E-state index contributed by atoms with van der Waals surface area (Å²) in [5.41, 5.74) is 0. The van der Waals surface area contributed by atoms with Gasteiger partial charge in [0.25, 0.3) is 0 Å². The van der Waals surface area contributed by atoms with E-state index in [0.717, 1.165) is 0 Å². The Bertz CT molecular complexity index is 35.9. The maximum Gasteiger partial charge on any atom is 0.314 e. The van der Waals surface area contributed by atoms with E-state index in [9.17, 15) is 0 Å². The molecule has 1 radical (unpaired) electrons. The topological polar surface area (TPSA) is 57.5 Å². The maximum absolute atomic E-state index is 8.74. The predicted molar refractivity (Wildman–Crippen MR) is 24.8 cm³/mol. The zero-order valence-electron chi connectivity index (χ0n) is 4.18. The van der Waals surface area contributed by atoms with Gasteiger partial charge in [-0.05, 0) is 0 Å². The first kappa shape index (κ1) is 15.7. The zero-order chi connectivity index (χ0) is 5.58. The minimum atomic E-state index is -3.13. The first-order valence-corrected chi connectivity index (χ1v) is 2.95. The van der Waals surface area contributed by atoms with E-state index in [0.29, 0.717) is 0 Å². The zero-order valence-corrected chi connectivity index (χ0v) is 7.90. The van der Waals surface area contributed by atoms with Crippen molar-refractivity contribution in [1.82, 2.24) is 0 Å². The molecule has 0 aliphatic heterocycles. The molecule has 0 aromatic rings. The Labute approximate surface area is 57.4 Å². The summed E-state index contributed by atoms with van der Waals surface area (Å²) in [5, 5.41) is 0. The third-order valence-electron chi connectivity index (χ3n) is 0. The van der Waals surface area contributed by atoms with Gasteiger partial charge in [0.15, 0.2) is 0 Å². The first-order valence-electron chi connectivity index (χ1n) is 1.65. The van der Waals surface area contributed by atoms with Gasteiger partial charge in [-0.3, -0.25) is 4.57 Å². The molecule has 0 amide bonds. The Hall–Kier alpha value is 0.812. The van der Waals surface area contributed by atoms with Crippen LogP contribution in [0.1, 0.15) is 13.8 Å². The molecule has 0 rings (SSSR count). The molecule has 5 heteroatoms. The molecule has 0 aliphatic rings. The van der Waals surface area contributed by atoms with Crippen LogP contribution >= 0.6 is 8.25 Å². The van der Waals surface area contributed by atoms with Crippen molar-refractivity contribution in [2.75, 3.05) is 0 Å². The maximum atomic E-state index is 8.74. The summed E-state index contributed by atoms with van der Waals surface area (Å²) in [6, 6.07) is 0. The third kappa shape index (κ3) is 239. The van der Waals surface area contributed by atoms with Gasteiger partial charge in [0.2, 0.25) is 0 Å². The second-order valence-corrected chi connectivity index (χ2v) is 0.848. The standard InChI is InChI=1S/C2H6.H3O3P.Re/c1-2;1-4(2)3;/h1-2H3;4H,(H2,1,2,3);. The molecule has 0 fully saturated rings. The van der Waals surface area contributed by atoms with E-state index in [1.807, 2.05) is 13.8 Å². The van der Waals surface area contributed by atoms with Crippen molar-refractivity contribution >= 4 is 8.25 Å². The van der Waals surface area contributed by atoms with E-state index < -0.39 is 8.25 Å². The van der Waals surface area contributed by atoms with Crippen LogP contribution in [0.15, 0.2) is 0 Å². The van der Waals surface area contributed by atoms with Gasteiger partial charge in [-0.2, -0.15) is 0 Å². The summed E-state index contributed by atoms with van der Waals surface area (Å²) in [4.78, 5) is 14.3. The monoisotopic (exact) mass is 299 g/mol. The third-order valence-corrected chi connectivity index (χ3v) is 0. The van der Waals surface area contributed by atoms with Crippen LogP contribution in [0.4, 0.5) is 0 Å². The van der Waals surface area contributed by atoms with Gasteiger partial charge in [0, 0.05) is 20.4 Å². The van der Waals surface area contributed by atoms with Crippen LogP contribution in [0.2, 0.25) is 0 Å². The molecule has 0 atom stereocenters. The molecule has 0 saturated heterocycles. The Balaban J connectivity index is -0.0000000480. The SMILES string of the molecule is CC.O=[PH](O)O.[Re]. The normalized spacial score (nSPS) is 5.86. The second kappa shape index (κ2) is 15.8. The molecule has 0 aromatic heterocycles. The summed E-state index contributed by atoms with van der Waals surface area (Å²) >= 11 is 0. The van der Waals surface area contributed by atoms with Gasteiger partial charge in [0.1, 0.15) is 0 Å². The van der Waals surface area contributed by atoms with Crippen LogP contribution in [0, 0.1) is 0 Å². The molecule has 0 unspecified atom stereocenters. The molecule has 0 aliphatic carbocycles. The van der Waals surface area contributed by atoms with Crippen LogP contribution < -0.4 is 0 Å². The van der Waals surface area contributed by atoms with Crippen LogP contribution in [0.5, 0.6) is 0 Å². The fraction of sp³-hybridized carbons (Fsp3) is 1.00. The van der Waals surface area contributed by atoms with E-state index in [1.165, 1.54) is 0 Å². The van der Waals surface area contributed by atoms with Crippen LogP contribution in [0.25, 0.3) is 0 Å². The van der Waals surface area contributed by atoms with Crippen LogP contribution in [-0.4, -0.2) is 9.79 Å². The van der Waals surface area contributed by atoms with E-state index in [-0.39, 0.29) is 20.4 Å². The van der Waals surface area contributed by atoms with Crippen molar-refractivity contribution in [2.24, 2.45) is 0 Å². The van der Waals surface area contributed by atoms with Crippen molar-refractivity contribution in [3.63, 3.8) is 0 Å². The summed E-state index contributed by atoms with van der Waals surface area (Å²) in [7, 11) is -3.13. The molecule has 0 saturated carbocycles. The molecule has 0 heterocycles. The van der Waals surface area contributed by atoms with E-state index >= 15 is 0 Å². The molecule has 0 spiro atoms. The predicted octanol–water partition coefficient (Wildman–Crippen LogP) is 0.384. The van der Waals surface area contributed by atoms with Crippen molar-refractivity contribution in [2.45, 2.75) is 13.8 Å². The first-order chi connectivity index (χ1) is 2.73. The summed E-state index contributed by atoms with van der Waals surface area (Å²) in [6.07, 6.45) is 0. The van der Waals surface area contributed by atoms with Gasteiger partial charge in [-0.15, -0.1) is 0 Å². The number of rotatable bonds is 0. The molecular weight excluding hydrogens is 289 g/mol. The van der Waals surface area contributed by atoms with Crippen molar-refractivity contribution in [3.8, 4) is 0 Å². The van der Waals surface area contributed by atoms with Crippen LogP contribution in [0.3, 0.4) is 0 Å². The van der Waals surface area contributed by atoms with E-state index in [1.54, 1.807) is 0 Å². The van der Waals surface area contributed by atoms with E-state index in [2.05, 4.69) is 0 Å². The van der Waals surface area contributed by atoms with Crippen LogP contribution in [-0.2, 0) is 25.0 Å². The van der Waals surface area contributed by atoms with Gasteiger partial charge in [0.05, 0.1) is 0 Å². The Morgan fingerprint density at radius 1 is 1.29 bits per heavy atom. The molecule has 0 bridgehead atoms. The molecule has 47 valence electrons. The van der Waals surface area contributed by atoms with E-state index in [4.69, 9.17) is 14.4 Å². The smallest absolute Gasteiger partial charge is 0.314 e. The molecule has 7 heavy (non-hydrogen) atoms. The Morgan fingerprint density at radius 3 is 1.29 bits per heavy atom. The minimum absolute atomic E-state index is 0. The van der Waals surface area contributed by atoms with Gasteiger partial charge in [-0.1, -0.05) is 13.8 Å². The van der Waals surface area contributed by atoms with Crippen molar-refractivity contribution < 1.29 is 34.8 Å². The summed E-state index contributed by atoms with van der Waals surface area (Å²) in [5.74, 6) is 0. The molecule has 3 nitrogen and oxygen atoms in total. The Kier molecular flexibility index (Phi) is 35.4. The molecule has 0 aromatic carbocycles. The fourth-order valence-corrected chi connectivity index (χ4v) is 0. The van der Waals surface area contributed by atoms with Gasteiger partial charge < -0.3 is 9.79 Å². The minimum Gasteiger partial charge on any atom is -0.326 e. The summed E-state index contributed by atoms with van der Waals surface area (Å²) < 4.78 is 8.74. The largest absolute Gasteiger partial charge is 0.326 e. The molecular formula is C2H9O3PRe. The quantitative estimate of drug-likeness (QED) is 0.636. The van der Waals surface area contributed by atoms with Gasteiger partial charge in [-0.25, -0.2) is 0 Å². The number of hydrogen-bond donors (Lipinski definition) is 2. The summed E-state index contributed by atoms with van der Waals surface area (Å²) in [6.45, 7) is 4.00. The molecule has 2 N–H and O–H groups in total. The van der Waals surface area contributed by atoms with Gasteiger partial charge >= 0.3 is 8.25 Å². The fourth-order valence-electron chi connectivity index (χ4n) is 0. The second-order valence-electron chi connectivity index (χ2n) is 0.283. The Morgan fingerprint density at radius 2 is 1.29 bits per heavy atom. The number of hydrogen-bond acceptors (Lipinski definition) is 1. The van der Waals surface area contributed by atoms with Crippen molar-refractivity contribution in [3.05, 3.63) is 0 Å². The van der Waals surface area contributed by atoms with Crippen molar-refractivity contribution in [1.29, 1.82) is 0 Å². The average Bonchev–Trinajstić information content (AvgIpc) is 1.41. The average molecular weight is 298 g/mol.